The molecule has 0 bridgehead atoms. The van der Waals surface area contributed by atoms with Gasteiger partial charge in [0.25, 0.3) is 6.47 Å². The smallest absolute Gasteiger partial charge is 0.298 e. The molecule has 20 heavy (non-hydrogen) atoms. The normalized spacial score (nSPS) is 18.4. The van der Waals surface area contributed by atoms with E-state index in [1.54, 1.807) is 19.1 Å². The molecule has 1 aliphatic carbocycles. The number of carbonyl (C=O) groups excluding carboxylic acids is 1. The first kappa shape index (κ1) is 15.0. The van der Waals surface area contributed by atoms with Crippen molar-refractivity contribution in [3.8, 4) is 5.75 Å². The quantitative estimate of drug-likeness (QED) is 0.784. The number of hydrogen-bond donors (Lipinski definition) is 0. The van der Waals surface area contributed by atoms with Crippen LogP contribution in [-0.4, -0.2) is 20.1 Å². The molecule has 0 aliphatic heterocycles. The fourth-order valence-electron chi connectivity index (χ4n) is 2.89. The van der Waals surface area contributed by atoms with Gasteiger partial charge in [-0.15, -0.1) is 0 Å². The molecule has 0 saturated heterocycles. The zero-order valence-electron chi connectivity index (χ0n) is 11.6. The average Bonchev–Trinajstić information content (AvgIpc) is 2.48. The van der Waals surface area contributed by atoms with Gasteiger partial charge in [-0.05, 0) is 37.8 Å². The predicted octanol–water partition coefficient (Wildman–Crippen LogP) is 2.96. The van der Waals surface area contributed by atoms with Crippen LogP contribution in [0, 0.1) is 5.92 Å². The summed E-state index contributed by atoms with van der Waals surface area (Å²) in [6.07, 6.45) is 5.29. The largest absolute Gasteiger partial charge is 0.427 e. The lowest BCUT2D eigenvalue weighted by Gasteiger charge is -2.27. The van der Waals surface area contributed by atoms with Gasteiger partial charge in [-0.25, -0.2) is 8.42 Å². The lowest BCUT2D eigenvalue weighted by atomic mass is 9.87. The lowest BCUT2D eigenvalue weighted by molar-refractivity contribution is -0.120. The van der Waals surface area contributed by atoms with Crippen molar-refractivity contribution in [3.63, 3.8) is 0 Å². The molecule has 5 heteroatoms. The summed E-state index contributed by atoms with van der Waals surface area (Å²) in [6.45, 7) is 2.03. The molecular formula is C15H20O4S. The standard InChI is InChI=1S/C15H20O4S/c1-12(13-7-3-2-4-8-13)20(17,18)15-10-6-5-9-14(15)19-11-16/h5-6,9-13H,2-4,7-8H2,1H3. The van der Waals surface area contributed by atoms with E-state index in [0.29, 0.717) is 0 Å². The van der Waals surface area contributed by atoms with Crippen LogP contribution in [0.5, 0.6) is 5.75 Å². The number of sulfone groups is 1. The molecule has 4 nitrogen and oxygen atoms in total. The van der Waals surface area contributed by atoms with Crippen LogP contribution in [0.25, 0.3) is 0 Å². The first-order valence-electron chi connectivity index (χ1n) is 7.00. The van der Waals surface area contributed by atoms with Gasteiger partial charge >= 0.3 is 0 Å². The molecule has 1 unspecified atom stereocenters. The molecule has 1 aliphatic rings. The molecule has 0 radical (unpaired) electrons. The zero-order chi connectivity index (χ0) is 14.6. The first-order chi connectivity index (χ1) is 9.57. The number of para-hydroxylation sites is 1. The van der Waals surface area contributed by atoms with Crippen LogP contribution >= 0.6 is 0 Å². The monoisotopic (exact) mass is 296 g/mol. The minimum Gasteiger partial charge on any atom is -0.427 e. The molecule has 1 aromatic carbocycles. The average molecular weight is 296 g/mol. The summed E-state index contributed by atoms with van der Waals surface area (Å²) in [4.78, 5) is 10.6. The van der Waals surface area contributed by atoms with E-state index >= 15 is 0 Å². The summed E-state index contributed by atoms with van der Waals surface area (Å²) in [5, 5.41) is -0.445. The summed E-state index contributed by atoms with van der Waals surface area (Å²) in [7, 11) is -3.48. The van der Waals surface area contributed by atoms with Gasteiger partial charge in [0.1, 0.15) is 10.6 Å². The number of rotatable bonds is 5. The van der Waals surface area contributed by atoms with E-state index in [4.69, 9.17) is 4.74 Å². The van der Waals surface area contributed by atoms with Gasteiger partial charge in [-0.3, -0.25) is 4.79 Å². The third-order valence-electron chi connectivity index (χ3n) is 4.13. The summed E-state index contributed by atoms with van der Waals surface area (Å²) >= 11 is 0. The maximum atomic E-state index is 12.7. The van der Waals surface area contributed by atoms with E-state index in [1.807, 2.05) is 0 Å². The molecule has 0 heterocycles. The molecule has 1 fully saturated rings. The number of ether oxygens (including phenoxy) is 1. The predicted molar refractivity (Wildman–Crippen MR) is 76.4 cm³/mol. The zero-order valence-corrected chi connectivity index (χ0v) is 12.4. The molecular weight excluding hydrogens is 276 g/mol. The van der Waals surface area contributed by atoms with Crippen molar-refractivity contribution in [1.29, 1.82) is 0 Å². The highest BCUT2D eigenvalue weighted by atomic mass is 32.2. The lowest BCUT2D eigenvalue weighted by Crippen LogP contribution is -2.29. The molecule has 110 valence electrons. The molecule has 0 spiro atoms. The second-order valence-corrected chi connectivity index (χ2v) is 7.58. The van der Waals surface area contributed by atoms with E-state index in [0.717, 1.165) is 25.7 Å². The van der Waals surface area contributed by atoms with Crippen LogP contribution < -0.4 is 4.74 Å². The highest BCUT2D eigenvalue weighted by Gasteiger charge is 2.33. The second kappa shape index (κ2) is 6.39. The van der Waals surface area contributed by atoms with Crippen LogP contribution in [0.4, 0.5) is 0 Å². The maximum Gasteiger partial charge on any atom is 0.298 e. The van der Waals surface area contributed by atoms with Crippen molar-refractivity contribution in [3.05, 3.63) is 24.3 Å². The topological polar surface area (TPSA) is 60.4 Å². The fraction of sp³-hybridized carbons (Fsp3) is 0.533. The Morgan fingerprint density at radius 1 is 1.20 bits per heavy atom. The second-order valence-electron chi connectivity index (χ2n) is 5.31. The fourth-order valence-corrected chi connectivity index (χ4v) is 4.74. The van der Waals surface area contributed by atoms with Crippen molar-refractivity contribution in [1.82, 2.24) is 0 Å². The first-order valence-corrected chi connectivity index (χ1v) is 8.55. The third-order valence-corrected chi connectivity index (χ3v) is 6.45. The Bertz CT molecular complexity index is 559. The molecule has 0 N–H and O–H groups in total. The number of hydrogen-bond acceptors (Lipinski definition) is 4. The Hall–Kier alpha value is -1.36. The van der Waals surface area contributed by atoms with Gasteiger partial charge in [0.2, 0.25) is 0 Å². The molecule has 1 aromatic rings. The third kappa shape index (κ3) is 3.03. The van der Waals surface area contributed by atoms with Gasteiger partial charge < -0.3 is 4.74 Å². The maximum absolute atomic E-state index is 12.7. The van der Waals surface area contributed by atoms with Crippen LogP contribution in [0.2, 0.25) is 0 Å². The summed E-state index contributed by atoms with van der Waals surface area (Å²) in [5.74, 6) is 0.309. The van der Waals surface area contributed by atoms with E-state index in [9.17, 15) is 13.2 Å². The van der Waals surface area contributed by atoms with Crippen LogP contribution in [0.3, 0.4) is 0 Å². The van der Waals surface area contributed by atoms with Crippen molar-refractivity contribution >= 4 is 16.3 Å². The number of benzene rings is 1. The van der Waals surface area contributed by atoms with Gasteiger partial charge in [0, 0.05) is 0 Å². The Balaban J connectivity index is 2.31. The Morgan fingerprint density at radius 3 is 2.50 bits per heavy atom. The van der Waals surface area contributed by atoms with Crippen molar-refractivity contribution in [2.75, 3.05) is 0 Å². The summed E-state index contributed by atoms with van der Waals surface area (Å²) in [6, 6.07) is 6.32. The van der Waals surface area contributed by atoms with Crippen LogP contribution in [-0.2, 0) is 14.6 Å². The van der Waals surface area contributed by atoms with E-state index in [2.05, 4.69) is 0 Å². The van der Waals surface area contributed by atoms with E-state index in [-0.39, 0.29) is 23.0 Å². The molecule has 2 rings (SSSR count). The van der Waals surface area contributed by atoms with E-state index in [1.165, 1.54) is 18.6 Å². The SMILES string of the molecule is CC(C1CCCCC1)S(=O)(=O)c1ccccc1OC=O. The highest BCUT2D eigenvalue weighted by molar-refractivity contribution is 7.92. The molecule has 1 saturated carbocycles. The van der Waals surface area contributed by atoms with E-state index < -0.39 is 15.1 Å². The van der Waals surface area contributed by atoms with Gasteiger partial charge in [-0.2, -0.15) is 0 Å². The van der Waals surface area contributed by atoms with Crippen molar-refractivity contribution in [2.45, 2.75) is 49.2 Å². The van der Waals surface area contributed by atoms with Gasteiger partial charge in [-0.1, -0.05) is 31.4 Å². The Kier molecular flexibility index (Phi) is 4.81. The van der Waals surface area contributed by atoms with Gasteiger partial charge in [0.05, 0.1) is 5.25 Å². The molecule has 0 amide bonds. The van der Waals surface area contributed by atoms with Gasteiger partial charge in [0.15, 0.2) is 9.84 Å². The summed E-state index contributed by atoms with van der Waals surface area (Å²) in [5.41, 5.74) is 0. The molecule has 0 aromatic heterocycles. The Morgan fingerprint density at radius 2 is 1.85 bits per heavy atom. The summed E-state index contributed by atoms with van der Waals surface area (Å²) < 4.78 is 30.3. The number of carbonyl (C=O) groups is 1. The van der Waals surface area contributed by atoms with Crippen molar-refractivity contribution in [2.24, 2.45) is 5.92 Å². The minimum atomic E-state index is -3.48. The molecule has 1 atom stereocenters. The van der Waals surface area contributed by atoms with Crippen molar-refractivity contribution < 1.29 is 17.9 Å². The highest BCUT2D eigenvalue weighted by Crippen LogP contribution is 2.35. The van der Waals surface area contributed by atoms with Crippen LogP contribution in [0.15, 0.2) is 29.2 Å². The van der Waals surface area contributed by atoms with Crippen LogP contribution in [0.1, 0.15) is 39.0 Å². The minimum absolute atomic E-state index is 0.116. The Labute approximate surface area is 120 Å².